The van der Waals surface area contributed by atoms with Crippen LogP contribution in [0.4, 0.5) is 0 Å². The molecule has 0 saturated heterocycles. The number of ether oxygens (including phenoxy) is 1. The maximum Gasteiger partial charge on any atom is 0.127 e. The molecule has 0 aliphatic carbocycles. The third-order valence-corrected chi connectivity index (χ3v) is 3.00. The van der Waals surface area contributed by atoms with Crippen molar-refractivity contribution in [2.24, 2.45) is 5.73 Å². The standard InChI is InChI=1S/C16H19NO/c1-3-16(17)13-6-10-15(11-7-13)18-14-8-4-12(2)5-9-14/h4-11,16H,3,17H2,1-2H3/t16-/m1/s1. The maximum absolute atomic E-state index is 5.97. The molecule has 2 aromatic rings. The summed E-state index contributed by atoms with van der Waals surface area (Å²) in [7, 11) is 0. The summed E-state index contributed by atoms with van der Waals surface area (Å²) in [6.45, 7) is 4.14. The quantitative estimate of drug-likeness (QED) is 0.870. The molecule has 0 saturated carbocycles. The lowest BCUT2D eigenvalue weighted by atomic mass is 10.1. The van der Waals surface area contributed by atoms with E-state index < -0.39 is 0 Å². The van der Waals surface area contributed by atoms with Crippen molar-refractivity contribution >= 4 is 0 Å². The predicted molar refractivity (Wildman–Crippen MR) is 74.9 cm³/mol. The van der Waals surface area contributed by atoms with Crippen molar-refractivity contribution < 1.29 is 4.74 Å². The molecule has 18 heavy (non-hydrogen) atoms. The van der Waals surface area contributed by atoms with Crippen LogP contribution in [0, 0.1) is 6.92 Å². The predicted octanol–water partition coefficient (Wildman–Crippen LogP) is 4.20. The highest BCUT2D eigenvalue weighted by Gasteiger charge is 2.03. The van der Waals surface area contributed by atoms with Gasteiger partial charge >= 0.3 is 0 Å². The Kier molecular flexibility index (Phi) is 4.00. The van der Waals surface area contributed by atoms with E-state index >= 15 is 0 Å². The molecule has 2 rings (SSSR count). The fourth-order valence-electron chi connectivity index (χ4n) is 1.76. The molecule has 2 nitrogen and oxygen atoms in total. The lowest BCUT2D eigenvalue weighted by molar-refractivity contribution is 0.482. The Morgan fingerprint density at radius 2 is 1.44 bits per heavy atom. The average molecular weight is 241 g/mol. The topological polar surface area (TPSA) is 35.2 Å². The third-order valence-electron chi connectivity index (χ3n) is 3.00. The van der Waals surface area contributed by atoms with Gasteiger partial charge in [0, 0.05) is 6.04 Å². The molecule has 0 heterocycles. The molecule has 0 fully saturated rings. The van der Waals surface area contributed by atoms with E-state index in [4.69, 9.17) is 10.5 Å². The van der Waals surface area contributed by atoms with E-state index in [9.17, 15) is 0 Å². The van der Waals surface area contributed by atoms with Gasteiger partial charge in [-0.15, -0.1) is 0 Å². The van der Waals surface area contributed by atoms with Gasteiger partial charge in [0.1, 0.15) is 11.5 Å². The van der Waals surface area contributed by atoms with Crippen molar-refractivity contribution in [2.75, 3.05) is 0 Å². The monoisotopic (exact) mass is 241 g/mol. The van der Waals surface area contributed by atoms with Gasteiger partial charge in [0.2, 0.25) is 0 Å². The number of hydrogen-bond acceptors (Lipinski definition) is 2. The van der Waals surface area contributed by atoms with Crippen molar-refractivity contribution in [3.05, 3.63) is 59.7 Å². The first-order chi connectivity index (χ1) is 8.69. The van der Waals surface area contributed by atoms with Crippen LogP contribution in [0.15, 0.2) is 48.5 Å². The van der Waals surface area contributed by atoms with Crippen molar-refractivity contribution in [3.63, 3.8) is 0 Å². The van der Waals surface area contributed by atoms with Gasteiger partial charge in [-0.25, -0.2) is 0 Å². The molecular weight excluding hydrogens is 222 g/mol. The molecular formula is C16H19NO. The Balaban J connectivity index is 2.08. The fraction of sp³-hybridized carbons (Fsp3) is 0.250. The summed E-state index contributed by atoms with van der Waals surface area (Å²) in [4.78, 5) is 0. The minimum Gasteiger partial charge on any atom is -0.457 e. The highest BCUT2D eigenvalue weighted by molar-refractivity contribution is 5.34. The van der Waals surface area contributed by atoms with Crippen LogP contribution in [-0.4, -0.2) is 0 Å². The Morgan fingerprint density at radius 1 is 0.944 bits per heavy atom. The molecule has 0 bridgehead atoms. The van der Waals surface area contributed by atoms with E-state index in [1.54, 1.807) is 0 Å². The molecule has 0 aliphatic heterocycles. The van der Waals surface area contributed by atoms with Crippen LogP contribution >= 0.6 is 0 Å². The van der Waals surface area contributed by atoms with E-state index in [1.165, 1.54) is 5.56 Å². The summed E-state index contributed by atoms with van der Waals surface area (Å²) in [5.74, 6) is 1.69. The number of hydrogen-bond donors (Lipinski definition) is 1. The van der Waals surface area contributed by atoms with Crippen molar-refractivity contribution in [2.45, 2.75) is 26.3 Å². The largest absolute Gasteiger partial charge is 0.457 e. The normalized spacial score (nSPS) is 12.2. The second-order valence-corrected chi connectivity index (χ2v) is 4.50. The summed E-state index contributed by atoms with van der Waals surface area (Å²) in [5.41, 5.74) is 8.35. The zero-order valence-corrected chi connectivity index (χ0v) is 10.9. The fourth-order valence-corrected chi connectivity index (χ4v) is 1.76. The first-order valence-corrected chi connectivity index (χ1v) is 6.29. The smallest absolute Gasteiger partial charge is 0.127 e. The second-order valence-electron chi connectivity index (χ2n) is 4.50. The molecule has 0 radical (unpaired) electrons. The van der Waals surface area contributed by atoms with Crippen molar-refractivity contribution in [1.82, 2.24) is 0 Å². The molecule has 1 atom stereocenters. The van der Waals surface area contributed by atoms with Gasteiger partial charge in [-0.3, -0.25) is 0 Å². The highest BCUT2D eigenvalue weighted by atomic mass is 16.5. The van der Waals surface area contributed by atoms with E-state index in [-0.39, 0.29) is 6.04 Å². The van der Waals surface area contributed by atoms with E-state index in [0.29, 0.717) is 0 Å². The number of benzene rings is 2. The van der Waals surface area contributed by atoms with E-state index in [2.05, 4.69) is 13.8 Å². The Morgan fingerprint density at radius 3 is 1.94 bits per heavy atom. The van der Waals surface area contributed by atoms with Crippen LogP contribution in [0.1, 0.15) is 30.5 Å². The average Bonchev–Trinajstić information content (AvgIpc) is 2.41. The Labute approximate surface area is 108 Å². The number of rotatable bonds is 4. The van der Waals surface area contributed by atoms with Gasteiger partial charge in [-0.2, -0.15) is 0 Å². The van der Waals surface area contributed by atoms with Crippen LogP contribution in [0.3, 0.4) is 0 Å². The van der Waals surface area contributed by atoms with Gasteiger partial charge in [0.15, 0.2) is 0 Å². The molecule has 2 aromatic carbocycles. The third kappa shape index (κ3) is 3.11. The minimum atomic E-state index is 0.110. The van der Waals surface area contributed by atoms with E-state index in [0.717, 1.165) is 23.5 Å². The van der Waals surface area contributed by atoms with Gasteiger partial charge < -0.3 is 10.5 Å². The zero-order chi connectivity index (χ0) is 13.0. The zero-order valence-electron chi connectivity index (χ0n) is 10.9. The lowest BCUT2D eigenvalue weighted by Crippen LogP contribution is -2.07. The maximum atomic E-state index is 5.97. The van der Waals surface area contributed by atoms with Gasteiger partial charge in [-0.05, 0) is 43.2 Å². The van der Waals surface area contributed by atoms with Crippen molar-refractivity contribution in [3.8, 4) is 11.5 Å². The van der Waals surface area contributed by atoms with Crippen LogP contribution < -0.4 is 10.5 Å². The molecule has 2 N–H and O–H groups in total. The first-order valence-electron chi connectivity index (χ1n) is 6.29. The second kappa shape index (κ2) is 5.69. The van der Waals surface area contributed by atoms with Crippen LogP contribution in [0.2, 0.25) is 0 Å². The summed E-state index contributed by atoms with van der Waals surface area (Å²) in [5, 5.41) is 0. The molecule has 0 aliphatic rings. The first kappa shape index (κ1) is 12.7. The van der Waals surface area contributed by atoms with E-state index in [1.807, 2.05) is 48.5 Å². The molecule has 2 heteroatoms. The molecule has 94 valence electrons. The van der Waals surface area contributed by atoms with Gasteiger partial charge in [0.25, 0.3) is 0 Å². The minimum absolute atomic E-state index is 0.110. The summed E-state index contributed by atoms with van der Waals surface area (Å²) >= 11 is 0. The Hall–Kier alpha value is -1.80. The molecule has 0 aromatic heterocycles. The van der Waals surface area contributed by atoms with Crippen LogP contribution in [-0.2, 0) is 0 Å². The summed E-state index contributed by atoms with van der Waals surface area (Å²) < 4.78 is 5.76. The van der Waals surface area contributed by atoms with Gasteiger partial charge in [0.05, 0.1) is 0 Å². The van der Waals surface area contributed by atoms with Crippen molar-refractivity contribution in [1.29, 1.82) is 0 Å². The highest BCUT2D eigenvalue weighted by Crippen LogP contribution is 2.23. The Bertz CT molecular complexity index is 488. The molecule has 0 amide bonds. The SMILES string of the molecule is CC[C@@H](N)c1ccc(Oc2ccc(C)cc2)cc1. The molecule has 0 spiro atoms. The van der Waals surface area contributed by atoms with Crippen LogP contribution in [0.25, 0.3) is 0 Å². The molecule has 0 unspecified atom stereocenters. The number of nitrogens with two attached hydrogens (primary N) is 1. The summed E-state index contributed by atoms with van der Waals surface area (Å²) in [6, 6.07) is 16.1. The number of aryl methyl sites for hydroxylation is 1. The summed E-state index contributed by atoms with van der Waals surface area (Å²) in [6.07, 6.45) is 0.943. The van der Waals surface area contributed by atoms with Crippen LogP contribution in [0.5, 0.6) is 11.5 Å². The van der Waals surface area contributed by atoms with Gasteiger partial charge in [-0.1, -0.05) is 36.8 Å². The lowest BCUT2D eigenvalue weighted by Gasteiger charge is -2.10.